The first kappa shape index (κ1) is 34.3. The molecule has 2 atom stereocenters. The number of nitrogens with zero attached hydrogens (tertiary/aromatic N) is 1. The third-order valence-corrected chi connectivity index (χ3v) is 9.08. The third kappa shape index (κ3) is 12.5. The Morgan fingerprint density at radius 2 is 1.30 bits per heavy atom. The number of non-ortho nitro benzene ring substituents is 1. The molecule has 0 aliphatic carbocycles. The van der Waals surface area contributed by atoms with Crippen LogP contribution >= 0.6 is 11.6 Å². The second-order valence-corrected chi connectivity index (χ2v) is 12.8. The van der Waals surface area contributed by atoms with Crippen LogP contribution in [0.5, 0.6) is 5.75 Å². The van der Waals surface area contributed by atoms with Crippen molar-refractivity contribution in [1.82, 2.24) is 0 Å². The van der Waals surface area contributed by atoms with Crippen molar-refractivity contribution in [1.29, 1.82) is 4.78 Å². The Hall–Kier alpha value is -3.23. The molecule has 43 heavy (non-hydrogen) atoms. The van der Waals surface area contributed by atoms with E-state index in [1.165, 1.54) is 69.9 Å². The highest BCUT2D eigenvalue weighted by molar-refractivity contribution is 7.86. The van der Waals surface area contributed by atoms with Gasteiger partial charge < -0.3 is 10.1 Å². The first-order valence-corrected chi connectivity index (χ1v) is 17.0. The van der Waals surface area contributed by atoms with Crippen molar-refractivity contribution in [3.05, 3.63) is 87.9 Å². The summed E-state index contributed by atoms with van der Waals surface area (Å²) in [6, 6.07) is 20.2. The fraction of sp³-hybridized carbons (Fsp3) is 0.441. The predicted octanol–water partition coefficient (Wildman–Crippen LogP) is 10.5. The lowest BCUT2D eigenvalue weighted by Crippen LogP contribution is -2.33. The van der Waals surface area contributed by atoms with Crippen LogP contribution in [0.25, 0.3) is 0 Å². The highest BCUT2D eigenvalue weighted by Gasteiger charge is 2.21. The van der Waals surface area contributed by atoms with E-state index in [2.05, 4.69) is 12.2 Å². The van der Waals surface area contributed by atoms with Gasteiger partial charge in [-0.1, -0.05) is 89.2 Å². The number of amides is 1. The van der Waals surface area contributed by atoms with Crippen LogP contribution in [-0.4, -0.2) is 16.9 Å². The molecule has 0 bridgehead atoms. The smallest absolute Gasteiger partial charge is 0.269 e. The summed E-state index contributed by atoms with van der Waals surface area (Å²) in [5.41, 5.74) is 0.617. The molecule has 0 saturated heterocycles. The minimum absolute atomic E-state index is 0.00215. The highest BCUT2D eigenvalue weighted by Crippen LogP contribution is 2.23. The Morgan fingerprint density at radius 1 is 0.814 bits per heavy atom. The van der Waals surface area contributed by atoms with Gasteiger partial charge in [-0.2, -0.15) is 0 Å². The number of hydrogen-bond donors (Lipinski definition) is 2. The van der Waals surface area contributed by atoms with Crippen molar-refractivity contribution in [2.45, 2.75) is 106 Å². The van der Waals surface area contributed by atoms with Gasteiger partial charge in [0.2, 0.25) is 0 Å². The number of hydrogen-bond acceptors (Lipinski definition) is 5. The predicted molar refractivity (Wildman–Crippen MR) is 176 cm³/mol. The molecule has 0 radical (unpaired) electrons. The number of nitro groups is 1. The Labute approximate surface area is 263 Å². The van der Waals surface area contributed by atoms with E-state index >= 15 is 0 Å². The summed E-state index contributed by atoms with van der Waals surface area (Å²) in [4.78, 5) is 25.2. The fourth-order valence-electron chi connectivity index (χ4n) is 4.83. The van der Waals surface area contributed by atoms with Gasteiger partial charge in [0, 0.05) is 32.6 Å². The molecule has 7 nitrogen and oxygen atoms in total. The maximum absolute atomic E-state index is 13.3. The first-order valence-electron chi connectivity index (χ1n) is 15.4. The lowest BCUT2D eigenvalue weighted by Gasteiger charge is -2.19. The van der Waals surface area contributed by atoms with Gasteiger partial charge in [0.25, 0.3) is 11.6 Å². The number of nitrogens with one attached hydrogen (secondary N) is 2. The second kappa shape index (κ2) is 19.1. The van der Waals surface area contributed by atoms with Gasteiger partial charge in [-0.3, -0.25) is 19.7 Å². The molecule has 3 aromatic rings. The van der Waals surface area contributed by atoms with Crippen LogP contribution in [0.15, 0.2) is 82.6 Å². The van der Waals surface area contributed by atoms with Crippen molar-refractivity contribution in [2.24, 2.45) is 0 Å². The Bertz CT molecular complexity index is 1280. The Balaban J connectivity index is 1.49. The monoisotopic (exact) mass is 625 g/mol. The van der Waals surface area contributed by atoms with E-state index in [4.69, 9.17) is 21.1 Å². The lowest BCUT2D eigenvalue weighted by atomic mass is 10.0. The van der Waals surface area contributed by atoms with Gasteiger partial charge in [-0.25, -0.2) is 0 Å². The van der Waals surface area contributed by atoms with E-state index in [9.17, 15) is 14.9 Å². The maximum atomic E-state index is 13.3. The number of carbonyl (C=O) groups excluding carboxylic acids is 1. The average Bonchev–Trinajstić information content (AvgIpc) is 3.02. The van der Waals surface area contributed by atoms with Crippen LogP contribution in [0, 0.1) is 14.9 Å². The summed E-state index contributed by atoms with van der Waals surface area (Å²) in [6.45, 7) is 2.25. The molecule has 2 N–H and O–H groups in total. The summed E-state index contributed by atoms with van der Waals surface area (Å²) < 4.78 is 14.7. The van der Waals surface area contributed by atoms with Gasteiger partial charge >= 0.3 is 0 Å². The normalized spacial score (nSPS) is 12.4. The average molecular weight is 626 g/mol. The molecule has 0 heterocycles. The molecule has 0 spiro atoms. The van der Waals surface area contributed by atoms with Crippen molar-refractivity contribution in [3.8, 4) is 5.75 Å². The zero-order valence-electron chi connectivity index (χ0n) is 25.1. The fourth-order valence-corrected chi connectivity index (χ4v) is 6.04. The highest BCUT2D eigenvalue weighted by atomic mass is 35.5. The molecular formula is C34H44ClN3O4S. The molecule has 1 amide bonds. The number of ether oxygens (including phenoxy) is 1. The van der Waals surface area contributed by atoms with E-state index < -0.39 is 21.7 Å². The lowest BCUT2D eigenvalue weighted by molar-refractivity contribution is -0.384. The number of benzene rings is 3. The number of nitro benzene ring substituents is 1. The molecule has 3 aromatic carbocycles. The summed E-state index contributed by atoms with van der Waals surface area (Å²) in [7, 11) is -1.01. The van der Waals surface area contributed by atoms with Gasteiger partial charge in [0.1, 0.15) is 5.75 Å². The van der Waals surface area contributed by atoms with E-state index in [0.717, 1.165) is 24.2 Å². The van der Waals surface area contributed by atoms with E-state index in [0.29, 0.717) is 27.8 Å². The van der Waals surface area contributed by atoms with Crippen molar-refractivity contribution < 1.29 is 14.5 Å². The standard InChI is InChI=1S/C34H44ClN3O4S/c1-2-3-4-5-6-7-8-9-10-11-12-13-14-33(42-30-21-15-27(35)16-22-30)34(39)37-28-17-23-31(24-18-28)43(36)32-25-19-29(20-26-32)38(40)41/h15-26,33,36H,2-14H2,1H3,(H,37,39). The number of unbranched alkanes of at least 4 members (excludes halogenated alkanes) is 11. The number of halogens is 1. The summed E-state index contributed by atoms with van der Waals surface area (Å²) in [6.07, 6.45) is 15.0. The van der Waals surface area contributed by atoms with Gasteiger partial charge in [-0.05, 0) is 84.2 Å². The maximum Gasteiger partial charge on any atom is 0.269 e. The number of rotatable bonds is 20. The molecule has 0 aliphatic heterocycles. The van der Waals surface area contributed by atoms with Crippen LogP contribution in [0.3, 0.4) is 0 Å². The molecule has 0 aromatic heterocycles. The molecule has 232 valence electrons. The van der Waals surface area contributed by atoms with Gasteiger partial charge in [0.05, 0.1) is 4.92 Å². The molecule has 3 rings (SSSR count). The van der Waals surface area contributed by atoms with Crippen molar-refractivity contribution in [3.63, 3.8) is 0 Å². The molecule has 2 unspecified atom stereocenters. The van der Waals surface area contributed by atoms with Crippen molar-refractivity contribution >= 4 is 39.6 Å². The quantitative estimate of drug-likeness (QED) is 0.0740. The number of anilines is 1. The van der Waals surface area contributed by atoms with E-state index in [1.54, 1.807) is 60.7 Å². The summed E-state index contributed by atoms with van der Waals surface area (Å²) in [5, 5.41) is 14.5. The molecule has 0 saturated carbocycles. The van der Waals surface area contributed by atoms with Crippen LogP contribution in [0.1, 0.15) is 90.4 Å². The molecular weight excluding hydrogens is 582 g/mol. The first-order chi connectivity index (χ1) is 20.9. The SMILES string of the molecule is CCCCCCCCCCCCCCC(Oc1ccc(Cl)cc1)C(=O)Nc1ccc(S(=N)c2ccc([N+](=O)[O-])cc2)cc1. The minimum atomic E-state index is -1.01. The van der Waals surface area contributed by atoms with Crippen LogP contribution < -0.4 is 10.1 Å². The number of carbonyl (C=O) groups is 1. The Morgan fingerprint density at radius 3 is 1.81 bits per heavy atom. The summed E-state index contributed by atoms with van der Waals surface area (Å²) in [5.74, 6) is 0.381. The van der Waals surface area contributed by atoms with E-state index in [1.807, 2.05) is 0 Å². The zero-order chi connectivity index (χ0) is 30.9. The van der Waals surface area contributed by atoms with Gasteiger partial charge in [0.15, 0.2) is 6.10 Å². The zero-order valence-corrected chi connectivity index (χ0v) is 26.6. The van der Waals surface area contributed by atoms with Crippen molar-refractivity contribution in [2.75, 3.05) is 5.32 Å². The summed E-state index contributed by atoms with van der Waals surface area (Å²) >= 11 is 6.03. The van der Waals surface area contributed by atoms with Gasteiger partial charge in [-0.15, -0.1) is 0 Å². The van der Waals surface area contributed by atoms with Crippen LogP contribution in [0.2, 0.25) is 5.02 Å². The van der Waals surface area contributed by atoms with E-state index in [-0.39, 0.29) is 11.6 Å². The molecule has 9 heteroatoms. The minimum Gasteiger partial charge on any atom is -0.481 e. The molecule has 0 aliphatic rings. The Kier molecular flexibility index (Phi) is 15.2. The largest absolute Gasteiger partial charge is 0.481 e. The van der Waals surface area contributed by atoms with Crippen LogP contribution in [0.4, 0.5) is 11.4 Å². The topological polar surface area (TPSA) is 105 Å². The molecule has 0 fully saturated rings. The second-order valence-electron chi connectivity index (χ2n) is 10.8. The van der Waals surface area contributed by atoms with Crippen LogP contribution in [-0.2, 0) is 15.5 Å². The third-order valence-electron chi connectivity index (χ3n) is 7.35.